The number of likely N-dealkylation sites (N-methyl/N-ethyl adjacent to an activating group) is 1. The molecule has 1 aromatic carbocycles. The highest BCUT2D eigenvalue weighted by Crippen LogP contribution is 2.28. The van der Waals surface area contributed by atoms with Crippen molar-refractivity contribution in [1.82, 2.24) is 5.32 Å². The van der Waals surface area contributed by atoms with Crippen molar-refractivity contribution in [3.05, 3.63) is 46.5 Å². The fourth-order valence-electron chi connectivity index (χ4n) is 1.46. The van der Waals surface area contributed by atoms with Gasteiger partial charge >= 0.3 is 0 Å². The molecule has 1 amide bonds. The summed E-state index contributed by atoms with van der Waals surface area (Å²) in [5.74, 6) is -0.324. The van der Waals surface area contributed by atoms with E-state index >= 15 is 0 Å². The van der Waals surface area contributed by atoms with Crippen LogP contribution in [-0.2, 0) is 4.79 Å². The van der Waals surface area contributed by atoms with Crippen molar-refractivity contribution in [3.63, 3.8) is 0 Å². The number of carbonyl (C=O) groups excluding carboxylic acids is 1. The van der Waals surface area contributed by atoms with Crippen molar-refractivity contribution in [3.8, 4) is 0 Å². The van der Waals surface area contributed by atoms with E-state index in [1.54, 1.807) is 31.3 Å². The van der Waals surface area contributed by atoms with E-state index in [4.69, 9.17) is 23.2 Å². The lowest BCUT2D eigenvalue weighted by atomic mass is 9.95. The molecule has 0 saturated heterocycles. The van der Waals surface area contributed by atoms with Crippen LogP contribution in [0.4, 0.5) is 0 Å². The van der Waals surface area contributed by atoms with Gasteiger partial charge in [0.15, 0.2) is 0 Å². The summed E-state index contributed by atoms with van der Waals surface area (Å²) in [7, 11) is 1.61. The Kier molecular flexibility index (Phi) is 4.84. The first-order valence-electron chi connectivity index (χ1n) is 4.87. The minimum Gasteiger partial charge on any atom is -0.359 e. The highest BCUT2D eigenvalue weighted by Gasteiger charge is 2.18. The number of hydrogen-bond acceptors (Lipinski definition) is 1. The Bertz CT molecular complexity index is 404. The highest BCUT2D eigenvalue weighted by molar-refractivity contribution is 6.42. The summed E-state index contributed by atoms with van der Waals surface area (Å²) < 4.78 is 0. The van der Waals surface area contributed by atoms with Gasteiger partial charge in [-0.05, 0) is 24.1 Å². The van der Waals surface area contributed by atoms with Gasteiger partial charge in [0.1, 0.15) is 0 Å². The van der Waals surface area contributed by atoms with E-state index in [1.807, 2.05) is 0 Å². The van der Waals surface area contributed by atoms with Crippen molar-refractivity contribution < 1.29 is 4.79 Å². The molecule has 16 heavy (non-hydrogen) atoms. The lowest BCUT2D eigenvalue weighted by Crippen LogP contribution is -2.25. The smallest absolute Gasteiger partial charge is 0.227 e. The Hall–Kier alpha value is -0.990. The second-order valence-corrected chi connectivity index (χ2v) is 4.18. The number of amides is 1. The van der Waals surface area contributed by atoms with Crippen LogP contribution >= 0.6 is 23.2 Å². The molecule has 0 aliphatic rings. The average molecular weight is 258 g/mol. The second-order valence-electron chi connectivity index (χ2n) is 3.36. The molecular weight excluding hydrogens is 245 g/mol. The van der Waals surface area contributed by atoms with Gasteiger partial charge in [-0.25, -0.2) is 0 Å². The van der Waals surface area contributed by atoms with Crippen LogP contribution in [-0.4, -0.2) is 13.0 Å². The number of benzene rings is 1. The molecule has 1 aromatic rings. The summed E-state index contributed by atoms with van der Waals surface area (Å²) in [5.41, 5.74) is 0.841. The van der Waals surface area contributed by atoms with Gasteiger partial charge in [0.2, 0.25) is 5.91 Å². The molecule has 0 aromatic heterocycles. The van der Waals surface area contributed by atoms with E-state index in [9.17, 15) is 4.79 Å². The number of carbonyl (C=O) groups is 1. The third-order valence-corrected chi connectivity index (χ3v) is 3.05. The Morgan fingerprint density at radius 1 is 1.50 bits per heavy atom. The number of nitrogens with one attached hydrogen (secondary N) is 1. The number of allylic oxidation sites excluding steroid dienone is 1. The van der Waals surface area contributed by atoms with Crippen LogP contribution in [0.1, 0.15) is 17.9 Å². The van der Waals surface area contributed by atoms with Gasteiger partial charge in [-0.3, -0.25) is 4.79 Å². The van der Waals surface area contributed by atoms with Gasteiger partial charge in [0, 0.05) is 7.05 Å². The molecule has 4 heteroatoms. The zero-order valence-corrected chi connectivity index (χ0v) is 10.5. The van der Waals surface area contributed by atoms with Gasteiger partial charge in [-0.2, -0.15) is 0 Å². The van der Waals surface area contributed by atoms with Crippen LogP contribution in [0.25, 0.3) is 0 Å². The van der Waals surface area contributed by atoms with Crippen molar-refractivity contribution >= 4 is 29.1 Å². The summed E-state index contributed by atoms with van der Waals surface area (Å²) in [6.45, 7) is 3.64. The number of halogens is 2. The standard InChI is InChI=1S/C12H13Cl2NO/c1-3-4-9(12(16)15-2)8-5-6-10(13)11(14)7-8/h3,5-7,9H,1,4H2,2H3,(H,15,16)/t9-/m0/s1. The van der Waals surface area contributed by atoms with E-state index in [1.165, 1.54) is 0 Å². The zero-order chi connectivity index (χ0) is 12.1. The first-order valence-corrected chi connectivity index (χ1v) is 5.63. The average Bonchev–Trinajstić information content (AvgIpc) is 2.29. The van der Waals surface area contributed by atoms with Gasteiger partial charge in [-0.1, -0.05) is 35.3 Å². The summed E-state index contributed by atoms with van der Waals surface area (Å²) in [4.78, 5) is 11.7. The van der Waals surface area contributed by atoms with Crippen molar-refractivity contribution in [2.75, 3.05) is 7.05 Å². The van der Waals surface area contributed by atoms with Crippen molar-refractivity contribution in [1.29, 1.82) is 0 Å². The molecule has 0 aliphatic carbocycles. The molecule has 0 radical (unpaired) electrons. The Balaban J connectivity index is 3.05. The quantitative estimate of drug-likeness (QED) is 0.824. The monoisotopic (exact) mass is 257 g/mol. The first kappa shape index (κ1) is 13.1. The molecule has 1 N–H and O–H groups in total. The van der Waals surface area contributed by atoms with E-state index in [0.29, 0.717) is 16.5 Å². The molecule has 0 heterocycles. The van der Waals surface area contributed by atoms with Crippen LogP contribution in [0.5, 0.6) is 0 Å². The lowest BCUT2D eigenvalue weighted by molar-refractivity contribution is -0.122. The normalized spacial score (nSPS) is 11.9. The highest BCUT2D eigenvalue weighted by atomic mass is 35.5. The van der Waals surface area contributed by atoms with E-state index in [0.717, 1.165) is 5.56 Å². The molecule has 0 spiro atoms. The molecular formula is C12H13Cl2NO. The maximum absolute atomic E-state index is 11.7. The van der Waals surface area contributed by atoms with Crippen LogP contribution in [0, 0.1) is 0 Å². The summed E-state index contributed by atoms with van der Waals surface area (Å²) in [6.07, 6.45) is 2.28. The van der Waals surface area contributed by atoms with Gasteiger partial charge < -0.3 is 5.32 Å². The van der Waals surface area contributed by atoms with Gasteiger partial charge in [-0.15, -0.1) is 6.58 Å². The summed E-state index contributed by atoms with van der Waals surface area (Å²) in [6, 6.07) is 5.21. The predicted octanol–water partition coefficient (Wildman–Crippen LogP) is 3.40. The van der Waals surface area contributed by atoms with Gasteiger partial charge in [0.25, 0.3) is 0 Å². The van der Waals surface area contributed by atoms with Crippen LogP contribution in [0.15, 0.2) is 30.9 Å². The second kappa shape index (κ2) is 5.92. The Morgan fingerprint density at radius 2 is 2.19 bits per heavy atom. The van der Waals surface area contributed by atoms with Crippen molar-refractivity contribution in [2.45, 2.75) is 12.3 Å². The van der Waals surface area contributed by atoms with E-state index in [-0.39, 0.29) is 11.8 Å². The van der Waals surface area contributed by atoms with Crippen molar-refractivity contribution in [2.24, 2.45) is 0 Å². The minimum absolute atomic E-state index is 0.0571. The molecule has 0 aliphatic heterocycles. The molecule has 1 rings (SSSR count). The van der Waals surface area contributed by atoms with E-state index < -0.39 is 0 Å². The Labute approximate surface area is 105 Å². The summed E-state index contributed by atoms with van der Waals surface area (Å²) in [5, 5.41) is 3.56. The van der Waals surface area contributed by atoms with Crippen LogP contribution in [0.2, 0.25) is 10.0 Å². The fraction of sp³-hybridized carbons (Fsp3) is 0.250. The molecule has 0 fully saturated rings. The number of rotatable bonds is 4. The molecule has 1 atom stereocenters. The fourth-order valence-corrected chi connectivity index (χ4v) is 1.77. The van der Waals surface area contributed by atoms with Gasteiger partial charge in [0.05, 0.1) is 16.0 Å². The molecule has 86 valence electrons. The maximum atomic E-state index is 11.7. The third-order valence-electron chi connectivity index (χ3n) is 2.31. The topological polar surface area (TPSA) is 29.1 Å². The van der Waals surface area contributed by atoms with E-state index in [2.05, 4.69) is 11.9 Å². The Morgan fingerprint density at radius 3 is 2.69 bits per heavy atom. The largest absolute Gasteiger partial charge is 0.359 e. The summed E-state index contributed by atoms with van der Waals surface area (Å²) >= 11 is 11.7. The number of hydrogen-bond donors (Lipinski definition) is 1. The molecule has 0 unspecified atom stereocenters. The maximum Gasteiger partial charge on any atom is 0.227 e. The molecule has 0 saturated carbocycles. The molecule has 2 nitrogen and oxygen atoms in total. The SMILES string of the molecule is C=CC[C@H](C(=O)NC)c1ccc(Cl)c(Cl)c1. The lowest BCUT2D eigenvalue weighted by Gasteiger charge is -2.14. The minimum atomic E-state index is -0.266. The molecule has 0 bridgehead atoms. The predicted molar refractivity (Wildman–Crippen MR) is 68.1 cm³/mol. The third kappa shape index (κ3) is 3.00. The van der Waals surface area contributed by atoms with Crippen LogP contribution in [0.3, 0.4) is 0 Å². The first-order chi connectivity index (χ1) is 7.60. The zero-order valence-electron chi connectivity index (χ0n) is 8.97. The van der Waals surface area contributed by atoms with Crippen LogP contribution < -0.4 is 5.32 Å².